The predicted octanol–water partition coefficient (Wildman–Crippen LogP) is 1.00. The Morgan fingerprint density at radius 3 is 2.73 bits per heavy atom. The third-order valence-corrected chi connectivity index (χ3v) is 3.05. The highest BCUT2D eigenvalue weighted by atomic mass is 15.2. The number of aryl methyl sites for hydroxylation is 2. The maximum Gasteiger partial charge on any atom is 0.153 e. The van der Waals surface area contributed by atoms with Gasteiger partial charge < -0.3 is 11.5 Å². The van der Waals surface area contributed by atoms with E-state index in [2.05, 4.69) is 15.2 Å². The van der Waals surface area contributed by atoms with E-state index >= 15 is 0 Å². The van der Waals surface area contributed by atoms with E-state index in [1.165, 1.54) is 18.4 Å². The molecule has 0 unspecified atom stereocenters. The number of fused-ring (bicyclic) bond motifs is 3. The fourth-order valence-electron chi connectivity index (χ4n) is 2.33. The third kappa shape index (κ3) is 1.09. The third-order valence-electron chi connectivity index (χ3n) is 3.05. The van der Waals surface area contributed by atoms with Crippen LogP contribution in [0.5, 0.6) is 0 Å². The normalized spacial score (nSPS) is 15.5. The second kappa shape index (κ2) is 2.85. The number of aromatic amines is 1. The molecular weight excluding hydrogens is 190 g/mol. The van der Waals surface area contributed by atoms with E-state index in [1.807, 2.05) is 0 Å². The van der Waals surface area contributed by atoms with Crippen LogP contribution in [-0.4, -0.2) is 15.2 Å². The zero-order valence-corrected chi connectivity index (χ0v) is 8.38. The van der Waals surface area contributed by atoms with Gasteiger partial charge in [0.2, 0.25) is 0 Å². The second-order valence-corrected chi connectivity index (χ2v) is 3.99. The quantitative estimate of drug-likeness (QED) is 0.595. The first-order chi connectivity index (χ1) is 7.27. The number of rotatable bonds is 0. The monoisotopic (exact) mass is 203 g/mol. The predicted molar refractivity (Wildman–Crippen MR) is 59.4 cm³/mol. The number of pyridine rings is 1. The molecule has 0 fully saturated rings. The van der Waals surface area contributed by atoms with E-state index in [1.54, 1.807) is 0 Å². The smallest absolute Gasteiger partial charge is 0.153 e. The van der Waals surface area contributed by atoms with Crippen LogP contribution in [0.2, 0.25) is 0 Å². The fraction of sp³-hybridized carbons (Fsp3) is 0.400. The number of nitrogen functional groups attached to an aromatic ring is 2. The van der Waals surface area contributed by atoms with Crippen LogP contribution < -0.4 is 11.5 Å². The molecule has 2 aromatic heterocycles. The van der Waals surface area contributed by atoms with Crippen LogP contribution in [0, 0.1) is 0 Å². The Kier molecular flexibility index (Phi) is 1.62. The summed E-state index contributed by atoms with van der Waals surface area (Å²) in [6.07, 6.45) is 4.41. The van der Waals surface area contributed by atoms with Crippen LogP contribution in [0.1, 0.15) is 24.1 Å². The maximum atomic E-state index is 5.86. The van der Waals surface area contributed by atoms with Gasteiger partial charge >= 0.3 is 0 Å². The van der Waals surface area contributed by atoms with Gasteiger partial charge in [0.1, 0.15) is 11.3 Å². The zero-order chi connectivity index (χ0) is 10.4. The molecule has 0 atom stereocenters. The first-order valence-electron chi connectivity index (χ1n) is 5.18. The molecule has 5 nitrogen and oxygen atoms in total. The van der Waals surface area contributed by atoms with E-state index in [4.69, 9.17) is 11.5 Å². The lowest BCUT2D eigenvalue weighted by Crippen LogP contribution is -2.08. The lowest BCUT2D eigenvalue weighted by Gasteiger charge is -2.16. The molecule has 1 aliphatic rings. The van der Waals surface area contributed by atoms with Crippen molar-refractivity contribution in [2.75, 3.05) is 11.5 Å². The van der Waals surface area contributed by atoms with Crippen molar-refractivity contribution in [1.82, 2.24) is 15.2 Å². The van der Waals surface area contributed by atoms with Gasteiger partial charge in [-0.1, -0.05) is 0 Å². The number of aromatic nitrogens is 3. The summed E-state index contributed by atoms with van der Waals surface area (Å²) in [5, 5.41) is 7.82. The summed E-state index contributed by atoms with van der Waals surface area (Å²) in [6, 6.07) is 0. The molecule has 2 aromatic rings. The van der Waals surface area contributed by atoms with Crippen LogP contribution in [-0.2, 0) is 12.8 Å². The summed E-state index contributed by atoms with van der Waals surface area (Å²) in [7, 11) is 0. The van der Waals surface area contributed by atoms with E-state index < -0.39 is 0 Å². The van der Waals surface area contributed by atoms with Crippen molar-refractivity contribution in [1.29, 1.82) is 0 Å². The molecule has 0 radical (unpaired) electrons. The van der Waals surface area contributed by atoms with Crippen molar-refractivity contribution in [3.63, 3.8) is 0 Å². The van der Waals surface area contributed by atoms with Gasteiger partial charge in [-0.05, 0) is 31.2 Å². The van der Waals surface area contributed by atoms with Gasteiger partial charge in [0.05, 0.1) is 5.39 Å². The molecule has 0 bridgehead atoms. The molecule has 5 N–H and O–H groups in total. The van der Waals surface area contributed by atoms with Crippen molar-refractivity contribution in [3.8, 4) is 0 Å². The maximum absolute atomic E-state index is 5.86. The van der Waals surface area contributed by atoms with Gasteiger partial charge in [-0.15, -0.1) is 0 Å². The minimum absolute atomic E-state index is 0.509. The average Bonchev–Trinajstić information content (AvgIpc) is 2.62. The number of hydrogen-bond acceptors (Lipinski definition) is 4. The minimum atomic E-state index is 0.509. The molecule has 0 aromatic carbocycles. The molecule has 3 rings (SSSR count). The summed E-state index contributed by atoms with van der Waals surface area (Å²) >= 11 is 0. The number of hydrogen-bond donors (Lipinski definition) is 3. The van der Waals surface area contributed by atoms with Gasteiger partial charge in [-0.3, -0.25) is 5.10 Å². The SMILES string of the molecule is Nc1nc2c(c3c(N)n[nH]c13)CCCC2. The van der Waals surface area contributed by atoms with Crippen molar-refractivity contribution < 1.29 is 0 Å². The average molecular weight is 203 g/mol. The standard InChI is InChI=1S/C10H13N5/c11-9-7-5-3-1-2-4-6(5)13-10(12)8(7)14-15-9/h1-4H2,(H2,12,13)(H3,11,14,15). The summed E-state index contributed by atoms with van der Waals surface area (Å²) in [6.45, 7) is 0. The molecule has 0 saturated heterocycles. The Morgan fingerprint density at radius 2 is 1.87 bits per heavy atom. The van der Waals surface area contributed by atoms with Crippen molar-refractivity contribution in [3.05, 3.63) is 11.3 Å². The number of nitrogens with one attached hydrogen (secondary N) is 1. The molecule has 78 valence electrons. The largest absolute Gasteiger partial charge is 0.382 e. The van der Waals surface area contributed by atoms with E-state index in [9.17, 15) is 0 Å². The summed E-state index contributed by atoms with van der Waals surface area (Å²) in [5.41, 5.74) is 14.8. The molecular formula is C10H13N5. The Morgan fingerprint density at radius 1 is 1.07 bits per heavy atom. The Labute approximate surface area is 86.9 Å². The zero-order valence-electron chi connectivity index (χ0n) is 8.38. The molecule has 0 amide bonds. The summed E-state index contributed by atoms with van der Waals surface area (Å²) in [4.78, 5) is 4.41. The Bertz CT molecular complexity index is 528. The first-order valence-corrected chi connectivity index (χ1v) is 5.18. The minimum Gasteiger partial charge on any atom is -0.382 e. The number of anilines is 2. The molecule has 5 heteroatoms. The van der Waals surface area contributed by atoms with Gasteiger partial charge in [-0.25, -0.2) is 4.98 Å². The number of nitrogens with zero attached hydrogens (tertiary/aromatic N) is 2. The van der Waals surface area contributed by atoms with E-state index in [-0.39, 0.29) is 0 Å². The second-order valence-electron chi connectivity index (χ2n) is 3.99. The summed E-state index contributed by atoms with van der Waals surface area (Å²) < 4.78 is 0. The van der Waals surface area contributed by atoms with Gasteiger partial charge in [0.25, 0.3) is 0 Å². The van der Waals surface area contributed by atoms with Crippen LogP contribution in [0.4, 0.5) is 11.6 Å². The lowest BCUT2D eigenvalue weighted by atomic mass is 9.93. The molecule has 0 spiro atoms. The first kappa shape index (κ1) is 8.52. The molecule has 2 heterocycles. The Balaban J connectivity index is 2.42. The number of H-pyrrole nitrogens is 1. The van der Waals surface area contributed by atoms with Crippen molar-refractivity contribution in [2.45, 2.75) is 25.7 Å². The van der Waals surface area contributed by atoms with Gasteiger partial charge in [0, 0.05) is 5.69 Å². The van der Waals surface area contributed by atoms with Gasteiger partial charge in [0.15, 0.2) is 5.82 Å². The number of nitrogens with two attached hydrogens (primary N) is 2. The highest BCUT2D eigenvalue weighted by Crippen LogP contribution is 2.32. The van der Waals surface area contributed by atoms with Gasteiger partial charge in [-0.2, -0.15) is 5.10 Å². The van der Waals surface area contributed by atoms with Crippen LogP contribution >= 0.6 is 0 Å². The fourth-order valence-corrected chi connectivity index (χ4v) is 2.33. The van der Waals surface area contributed by atoms with E-state index in [0.717, 1.165) is 29.4 Å². The lowest BCUT2D eigenvalue weighted by molar-refractivity contribution is 0.674. The Hall–Kier alpha value is -1.78. The van der Waals surface area contributed by atoms with Crippen molar-refractivity contribution in [2.24, 2.45) is 0 Å². The van der Waals surface area contributed by atoms with Crippen LogP contribution in [0.15, 0.2) is 0 Å². The molecule has 0 aliphatic heterocycles. The topological polar surface area (TPSA) is 93.6 Å². The summed E-state index contributed by atoms with van der Waals surface area (Å²) in [5.74, 6) is 1.05. The molecule has 15 heavy (non-hydrogen) atoms. The van der Waals surface area contributed by atoms with Crippen molar-refractivity contribution >= 4 is 22.5 Å². The molecule has 0 saturated carbocycles. The van der Waals surface area contributed by atoms with Crippen LogP contribution in [0.3, 0.4) is 0 Å². The van der Waals surface area contributed by atoms with E-state index in [0.29, 0.717) is 11.6 Å². The highest BCUT2D eigenvalue weighted by Gasteiger charge is 2.19. The molecule has 1 aliphatic carbocycles. The van der Waals surface area contributed by atoms with Crippen LogP contribution in [0.25, 0.3) is 10.9 Å². The highest BCUT2D eigenvalue weighted by molar-refractivity contribution is 5.97.